The number of nitrogens with zero attached hydrogens (tertiary/aromatic N) is 1. The van der Waals surface area contributed by atoms with Gasteiger partial charge in [0.15, 0.2) is 0 Å². The number of aromatic nitrogens is 2. The first kappa shape index (κ1) is 30.0. The number of aromatic amines is 1. The van der Waals surface area contributed by atoms with Gasteiger partial charge in [0.25, 0.3) is 0 Å². The van der Waals surface area contributed by atoms with Gasteiger partial charge in [-0.25, -0.2) is 9.37 Å². The number of methoxy groups -OCH3 is 1. The van der Waals surface area contributed by atoms with Crippen LogP contribution in [0.3, 0.4) is 0 Å². The Balaban J connectivity index is 1.63. The van der Waals surface area contributed by atoms with Crippen molar-refractivity contribution < 1.29 is 18.7 Å². The van der Waals surface area contributed by atoms with Gasteiger partial charge in [-0.1, -0.05) is 42.3 Å². The molecular formula is C31H40ClFN4O3. The average Bonchev–Trinajstić information content (AvgIpc) is 3.28. The van der Waals surface area contributed by atoms with Crippen LogP contribution in [0.2, 0.25) is 5.02 Å². The third-order valence-corrected chi connectivity index (χ3v) is 8.49. The highest BCUT2D eigenvalue weighted by Gasteiger charge is 2.41. The van der Waals surface area contributed by atoms with Crippen molar-refractivity contribution in [1.29, 1.82) is 0 Å². The lowest BCUT2D eigenvalue weighted by Crippen LogP contribution is -2.57. The van der Waals surface area contributed by atoms with Crippen LogP contribution in [0.4, 0.5) is 4.39 Å². The van der Waals surface area contributed by atoms with Crippen LogP contribution in [0.25, 0.3) is 11.0 Å². The standard InChI is InChI=1S/C31H40ClFN4O3/c1-6-34-28(38)27(19-10-9-11-19)37-29(39)31(4,18-40-5)20-14-15-24-25(16-20)36-26(35-24)17-22(30(2,3)33)21-12-7-8-13-23(21)32/h7-8,12-16,19,22,27H,6,9-11,17-18H2,1-5H3,(H,34,38)(H,35,36)(H,37,39)/t22-,27+,31?/m0/s1. The molecule has 7 nitrogen and oxygen atoms in total. The lowest BCUT2D eigenvalue weighted by Gasteiger charge is -2.36. The number of alkyl halides is 1. The van der Waals surface area contributed by atoms with E-state index in [4.69, 9.17) is 21.3 Å². The summed E-state index contributed by atoms with van der Waals surface area (Å²) in [5, 5.41) is 6.41. The number of amides is 2. The maximum absolute atomic E-state index is 15.4. The van der Waals surface area contributed by atoms with E-state index in [1.165, 1.54) is 0 Å². The summed E-state index contributed by atoms with van der Waals surface area (Å²) in [5.74, 6) is -0.177. The van der Waals surface area contributed by atoms with Gasteiger partial charge in [-0.2, -0.15) is 0 Å². The van der Waals surface area contributed by atoms with Crippen LogP contribution in [0, 0.1) is 5.92 Å². The zero-order valence-corrected chi connectivity index (χ0v) is 24.7. The molecule has 0 spiro atoms. The molecule has 2 amide bonds. The fraction of sp³-hybridized carbons (Fsp3) is 0.516. The van der Waals surface area contributed by atoms with Crippen LogP contribution >= 0.6 is 11.6 Å². The molecule has 0 bridgehead atoms. The van der Waals surface area contributed by atoms with Crippen LogP contribution in [-0.4, -0.2) is 53.8 Å². The van der Waals surface area contributed by atoms with Crippen LogP contribution in [0.15, 0.2) is 42.5 Å². The first-order valence-electron chi connectivity index (χ1n) is 14.0. The van der Waals surface area contributed by atoms with Gasteiger partial charge >= 0.3 is 0 Å². The van der Waals surface area contributed by atoms with Crippen molar-refractivity contribution in [2.45, 2.75) is 76.4 Å². The summed E-state index contributed by atoms with van der Waals surface area (Å²) in [6.07, 6.45) is 3.21. The molecule has 1 aromatic heterocycles. The quantitative estimate of drug-likeness (QED) is 0.263. The molecular weight excluding hydrogens is 531 g/mol. The topological polar surface area (TPSA) is 96.1 Å². The fourth-order valence-corrected chi connectivity index (χ4v) is 5.77. The molecule has 3 N–H and O–H groups in total. The minimum atomic E-state index is -1.54. The molecule has 1 heterocycles. The molecule has 1 aliphatic carbocycles. The summed E-state index contributed by atoms with van der Waals surface area (Å²) in [6, 6.07) is 12.3. The van der Waals surface area contributed by atoms with E-state index in [1.807, 2.05) is 50.2 Å². The van der Waals surface area contributed by atoms with Crippen LogP contribution in [-0.2, 0) is 26.2 Å². The van der Waals surface area contributed by atoms with E-state index in [0.29, 0.717) is 29.3 Å². The number of H-pyrrole nitrogens is 1. The molecule has 0 aliphatic heterocycles. The predicted molar refractivity (Wildman–Crippen MR) is 156 cm³/mol. The first-order valence-corrected chi connectivity index (χ1v) is 14.4. The monoisotopic (exact) mass is 570 g/mol. The molecule has 0 radical (unpaired) electrons. The molecule has 1 saturated carbocycles. The van der Waals surface area contributed by atoms with Gasteiger partial charge in [0.05, 0.1) is 23.1 Å². The summed E-state index contributed by atoms with van der Waals surface area (Å²) in [6.45, 7) is 7.42. The smallest absolute Gasteiger partial charge is 0.242 e. The third kappa shape index (κ3) is 6.33. The molecule has 40 heavy (non-hydrogen) atoms. The van der Waals surface area contributed by atoms with Gasteiger partial charge in [0, 0.05) is 31.0 Å². The zero-order valence-electron chi connectivity index (χ0n) is 23.9. The van der Waals surface area contributed by atoms with Gasteiger partial charge in [-0.15, -0.1) is 0 Å². The third-order valence-electron chi connectivity index (χ3n) is 8.15. The van der Waals surface area contributed by atoms with Gasteiger partial charge in [0.1, 0.15) is 17.5 Å². The molecule has 216 valence electrons. The molecule has 3 aromatic rings. The van der Waals surface area contributed by atoms with E-state index < -0.39 is 23.0 Å². The molecule has 3 atom stereocenters. The zero-order chi connectivity index (χ0) is 29.1. The second kappa shape index (κ2) is 12.3. The second-order valence-electron chi connectivity index (χ2n) is 11.6. The summed E-state index contributed by atoms with van der Waals surface area (Å²) in [5.41, 5.74) is 0.316. The van der Waals surface area contributed by atoms with Crippen LogP contribution < -0.4 is 10.6 Å². The van der Waals surface area contributed by atoms with Crippen molar-refractivity contribution in [2.75, 3.05) is 20.3 Å². The molecule has 9 heteroatoms. The number of benzene rings is 2. The Kier molecular flexibility index (Phi) is 9.20. The number of rotatable bonds is 12. The number of carbonyl (C=O) groups is 2. The van der Waals surface area contributed by atoms with E-state index in [9.17, 15) is 9.59 Å². The lowest BCUT2D eigenvalue weighted by atomic mass is 9.77. The van der Waals surface area contributed by atoms with E-state index in [-0.39, 0.29) is 24.3 Å². The Labute approximate surface area is 240 Å². The van der Waals surface area contributed by atoms with E-state index in [1.54, 1.807) is 27.0 Å². The number of nitrogens with one attached hydrogen (secondary N) is 3. The van der Waals surface area contributed by atoms with Gasteiger partial charge in [-0.05, 0) is 75.8 Å². The van der Waals surface area contributed by atoms with Crippen molar-refractivity contribution in [3.8, 4) is 0 Å². The number of likely N-dealkylation sites (N-methyl/N-ethyl adjacent to an activating group) is 1. The van der Waals surface area contributed by atoms with Crippen molar-refractivity contribution in [3.63, 3.8) is 0 Å². The van der Waals surface area contributed by atoms with Gasteiger partial charge in [-0.3, -0.25) is 9.59 Å². The maximum atomic E-state index is 15.4. The van der Waals surface area contributed by atoms with E-state index in [0.717, 1.165) is 35.9 Å². The highest BCUT2D eigenvalue weighted by Crippen LogP contribution is 2.38. The maximum Gasteiger partial charge on any atom is 0.242 e. The number of ether oxygens (including phenoxy) is 1. The highest BCUT2D eigenvalue weighted by molar-refractivity contribution is 6.31. The summed E-state index contributed by atoms with van der Waals surface area (Å²) >= 11 is 6.43. The lowest BCUT2D eigenvalue weighted by molar-refractivity contribution is -0.135. The number of fused-ring (bicyclic) bond motifs is 1. The SMILES string of the molecule is CCNC(=O)[C@H](NC(=O)C(C)(COC)c1ccc2nc(C[C@@H](c3ccccc3Cl)C(C)(C)F)[nH]c2c1)C1CCC1. The number of hydrogen-bond acceptors (Lipinski definition) is 4. The number of imidazole rings is 1. The Hall–Kier alpha value is -2.97. The molecule has 1 aliphatic rings. The minimum absolute atomic E-state index is 0.128. The Bertz CT molecular complexity index is 1350. The summed E-state index contributed by atoms with van der Waals surface area (Å²) < 4.78 is 20.9. The number of hydrogen-bond donors (Lipinski definition) is 3. The highest BCUT2D eigenvalue weighted by atomic mass is 35.5. The van der Waals surface area contributed by atoms with E-state index >= 15 is 4.39 Å². The fourth-order valence-electron chi connectivity index (χ4n) is 5.50. The largest absolute Gasteiger partial charge is 0.383 e. The Morgan fingerprint density at radius 2 is 1.93 bits per heavy atom. The van der Waals surface area contributed by atoms with Crippen molar-refractivity contribution in [1.82, 2.24) is 20.6 Å². The average molecular weight is 571 g/mol. The molecule has 2 aromatic carbocycles. The Morgan fingerprint density at radius 1 is 1.20 bits per heavy atom. The normalized spacial score (nSPS) is 17.1. The van der Waals surface area contributed by atoms with Crippen LogP contribution in [0.5, 0.6) is 0 Å². The minimum Gasteiger partial charge on any atom is -0.383 e. The predicted octanol–water partition coefficient (Wildman–Crippen LogP) is 5.62. The Morgan fingerprint density at radius 3 is 2.52 bits per heavy atom. The molecule has 0 saturated heterocycles. The summed E-state index contributed by atoms with van der Waals surface area (Å²) in [4.78, 5) is 34.6. The molecule has 1 unspecified atom stereocenters. The summed E-state index contributed by atoms with van der Waals surface area (Å²) in [7, 11) is 1.55. The number of carbonyl (C=O) groups excluding carboxylic acids is 2. The first-order chi connectivity index (χ1) is 19.0. The van der Waals surface area contributed by atoms with Crippen molar-refractivity contribution in [3.05, 3.63) is 64.4 Å². The van der Waals surface area contributed by atoms with Gasteiger partial charge in [0.2, 0.25) is 11.8 Å². The van der Waals surface area contributed by atoms with E-state index in [2.05, 4.69) is 15.6 Å². The molecule has 1 fully saturated rings. The van der Waals surface area contributed by atoms with Gasteiger partial charge < -0.3 is 20.4 Å². The number of halogens is 2. The van der Waals surface area contributed by atoms with Crippen LogP contribution in [0.1, 0.15) is 69.8 Å². The second-order valence-corrected chi connectivity index (χ2v) is 12.0. The van der Waals surface area contributed by atoms with Crippen molar-refractivity contribution >= 4 is 34.4 Å². The van der Waals surface area contributed by atoms with Crippen molar-refractivity contribution in [2.24, 2.45) is 5.92 Å². The molecule has 4 rings (SSSR count).